The van der Waals surface area contributed by atoms with E-state index in [1.807, 2.05) is 6.92 Å². The van der Waals surface area contributed by atoms with Crippen LogP contribution in [0.5, 0.6) is 0 Å². The van der Waals surface area contributed by atoms with Gasteiger partial charge in [-0.05, 0) is 40.0 Å². The first-order valence-electron chi connectivity index (χ1n) is 13.8. The molecule has 0 radical (unpaired) electrons. The summed E-state index contributed by atoms with van der Waals surface area (Å²) < 4.78 is 36.6. The van der Waals surface area contributed by atoms with Gasteiger partial charge >= 0.3 is 11.9 Å². The fourth-order valence-electron chi connectivity index (χ4n) is 3.91. The van der Waals surface area contributed by atoms with E-state index in [2.05, 4.69) is 20.7 Å². The van der Waals surface area contributed by atoms with Crippen LogP contribution in [-0.4, -0.2) is 93.9 Å². The van der Waals surface area contributed by atoms with E-state index < -0.39 is 68.9 Å². The molecule has 0 aliphatic carbocycles. The second-order valence-corrected chi connectivity index (χ2v) is 12.5. The van der Waals surface area contributed by atoms with Gasteiger partial charge in [-0.15, -0.1) is 0 Å². The molecule has 15 heteroatoms. The van der Waals surface area contributed by atoms with Gasteiger partial charge < -0.3 is 30.5 Å². The summed E-state index contributed by atoms with van der Waals surface area (Å²) in [6, 6.07) is -1.44. The van der Waals surface area contributed by atoms with Crippen LogP contribution in [0.1, 0.15) is 74.1 Å². The van der Waals surface area contributed by atoms with E-state index >= 15 is 0 Å². The quantitative estimate of drug-likeness (QED) is 0.0904. The highest BCUT2D eigenvalue weighted by molar-refractivity contribution is 7.89. The summed E-state index contributed by atoms with van der Waals surface area (Å²) in [5, 5.41) is 17.2. The molecular weight excluding hydrogens is 560 g/mol. The largest absolute Gasteiger partial charge is 0.466 e. The first-order valence-corrected chi connectivity index (χ1v) is 15.4. The highest BCUT2D eigenvalue weighted by atomic mass is 32.2. The zero-order valence-corrected chi connectivity index (χ0v) is 26.1. The molecule has 14 nitrogen and oxygen atoms in total. The van der Waals surface area contributed by atoms with Crippen LogP contribution < -0.4 is 20.7 Å². The highest BCUT2D eigenvalue weighted by Crippen LogP contribution is 2.37. The molecule has 0 aliphatic heterocycles. The van der Waals surface area contributed by atoms with Gasteiger partial charge in [0.1, 0.15) is 6.04 Å². The van der Waals surface area contributed by atoms with E-state index in [4.69, 9.17) is 9.47 Å². The van der Waals surface area contributed by atoms with Crippen LogP contribution in [0.3, 0.4) is 0 Å². The molecule has 0 aliphatic rings. The molecule has 0 heterocycles. The average Bonchev–Trinajstić information content (AvgIpc) is 2.87. The molecular formula is C26H48N4O10S. The predicted molar refractivity (Wildman–Crippen MR) is 151 cm³/mol. The second-order valence-electron chi connectivity index (χ2n) is 10.7. The van der Waals surface area contributed by atoms with E-state index in [0.29, 0.717) is 6.42 Å². The monoisotopic (exact) mass is 608 g/mol. The number of rotatable bonds is 20. The number of hydrogen-bond donors (Lipinski definition) is 5. The van der Waals surface area contributed by atoms with Crippen molar-refractivity contribution in [3.63, 3.8) is 0 Å². The van der Waals surface area contributed by atoms with Crippen molar-refractivity contribution in [2.24, 2.45) is 10.8 Å². The van der Waals surface area contributed by atoms with Crippen molar-refractivity contribution >= 4 is 39.7 Å². The number of amides is 3. The molecule has 0 saturated carbocycles. The molecule has 0 aromatic carbocycles. The summed E-state index contributed by atoms with van der Waals surface area (Å²) in [6.45, 7) is 11.4. The van der Waals surface area contributed by atoms with Gasteiger partial charge in [0.2, 0.25) is 27.7 Å². The summed E-state index contributed by atoms with van der Waals surface area (Å²) in [5.41, 5.74) is -1.87. The number of nitrogens with one attached hydrogen (secondary N) is 4. The lowest BCUT2D eigenvalue weighted by Gasteiger charge is -2.35. The topological polar surface area (TPSA) is 206 Å². The third-order valence-corrected chi connectivity index (χ3v) is 7.69. The van der Waals surface area contributed by atoms with Gasteiger partial charge in [0, 0.05) is 23.9 Å². The molecule has 3 atom stereocenters. The Hall–Kier alpha value is -2.78. The van der Waals surface area contributed by atoms with Crippen molar-refractivity contribution in [2.75, 3.05) is 38.6 Å². The minimum atomic E-state index is -4.01. The fraction of sp³-hybridized carbons (Fsp3) is 0.808. The number of esters is 2. The third kappa shape index (κ3) is 15.1. The Bertz CT molecular complexity index is 1000. The fourth-order valence-corrected chi connectivity index (χ4v) is 5.16. The SMILES string of the molecule is CCOC(=O)CC(NS(=O)(=O)CCCNC(=O)CNC(=O)C(C)(C)CC(C)(CC)C(=O)NCC(C)O)C(=O)OCC. The smallest absolute Gasteiger partial charge is 0.324 e. The maximum absolute atomic E-state index is 12.8. The molecule has 3 unspecified atom stereocenters. The Morgan fingerprint density at radius 3 is 2.05 bits per heavy atom. The van der Waals surface area contributed by atoms with Gasteiger partial charge in [0.25, 0.3) is 0 Å². The summed E-state index contributed by atoms with van der Waals surface area (Å²) >= 11 is 0. The van der Waals surface area contributed by atoms with Crippen molar-refractivity contribution in [2.45, 2.75) is 86.3 Å². The summed E-state index contributed by atoms with van der Waals surface area (Å²) in [7, 11) is -4.01. The minimum absolute atomic E-state index is 0.00312. The van der Waals surface area contributed by atoms with Crippen LogP contribution in [0, 0.1) is 10.8 Å². The Kier molecular flexibility index (Phi) is 16.7. The lowest BCUT2D eigenvalue weighted by atomic mass is 9.71. The van der Waals surface area contributed by atoms with Gasteiger partial charge in [0.15, 0.2) is 0 Å². The van der Waals surface area contributed by atoms with Gasteiger partial charge in [-0.1, -0.05) is 27.7 Å². The van der Waals surface area contributed by atoms with E-state index in [-0.39, 0.29) is 51.6 Å². The lowest BCUT2D eigenvalue weighted by molar-refractivity contribution is -0.151. The van der Waals surface area contributed by atoms with E-state index in [1.54, 1.807) is 41.5 Å². The molecule has 238 valence electrons. The zero-order chi connectivity index (χ0) is 31.9. The van der Waals surface area contributed by atoms with Gasteiger partial charge in [0.05, 0.1) is 38.0 Å². The van der Waals surface area contributed by atoms with E-state index in [9.17, 15) is 37.5 Å². The number of ether oxygens (including phenoxy) is 2. The molecule has 5 N–H and O–H groups in total. The Labute approximate surface area is 243 Å². The predicted octanol–water partition coefficient (Wildman–Crippen LogP) is -0.257. The van der Waals surface area contributed by atoms with Gasteiger partial charge in [-0.2, -0.15) is 0 Å². The first-order chi connectivity index (χ1) is 18.9. The lowest BCUT2D eigenvalue weighted by Crippen LogP contribution is -2.48. The van der Waals surface area contributed by atoms with Crippen molar-refractivity contribution in [1.82, 2.24) is 20.7 Å². The summed E-state index contributed by atoms with van der Waals surface area (Å²) in [5.74, 6) is -3.37. The summed E-state index contributed by atoms with van der Waals surface area (Å²) in [6.07, 6.45) is -0.585. The minimum Gasteiger partial charge on any atom is -0.466 e. The molecule has 0 bridgehead atoms. The van der Waals surface area contributed by atoms with Crippen LogP contribution in [0.15, 0.2) is 0 Å². The molecule has 0 rings (SSSR count). The van der Waals surface area contributed by atoms with Crippen molar-refractivity contribution in [3.8, 4) is 0 Å². The molecule has 0 spiro atoms. The van der Waals surface area contributed by atoms with Crippen molar-refractivity contribution in [1.29, 1.82) is 0 Å². The normalized spacial score (nSPS) is 14.6. The Morgan fingerprint density at radius 1 is 0.902 bits per heavy atom. The average molecular weight is 609 g/mol. The van der Waals surface area contributed by atoms with Crippen molar-refractivity contribution in [3.05, 3.63) is 0 Å². The number of hydrogen-bond acceptors (Lipinski definition) is 10. The van der Waals surface area contributed by atoms with Crippen LogP contribution >= 0.6 is 0 Å². The molecule has 0 fully saturated rings. The first kappa shape index (κ1) is 38.2. The standard InChI is InChI=1S/C26H48N4O10S/c1-8-26(7,24(36)28-15-18(4)31)17-25(5,6)23(35)29-16-20(32)27-12-11-13-41(37,38)30-19(22(34)40-10-3)14-21(33)39-9-2/h18-19,30-31H,8-17H2,1-7H3,(H,27,32)(H,28,36)(H,29,35). The Morgan fingerprint density at radius 2 is 1.51 bits per heavy atom. The molecule has 3 amide bonds. The summed E-state index contributed by atoms with van der Waals surface area (Å²) in [4.78, 5) is 61.5. The van der Waals surface area contributed by atoms with Crippen LogP contribution in [0.4, 0.5) is 0 Å². The molecule has 0 saturated heterocycles. The Balaban J connectivity index is 4.80. The number of carbonyl (C=O) groups is 5. The number of carbonyl (C=O) groups excluding carboxylic acids is 5. The van der Waals surface area contributed by atoms with E-state index in [1.165, 1.54) is 0 Å². The number of aliphatic hydroxyl groups is 1. The molecule has 0 aromatic rings. The molecule has 0 aromatic heterocycles. The van der Waals surface area contributed by atoms with Crippen LogP contribution in [-0.2, 0) is 43.5 Å². The van der Waals surface area contributed by atoms with Crippen LogP contribution in [0.25, 0.3) is 0 Å². The van der Waals surface area contributed by atoms with Crippen molar-refractivity contribution < 1.29 is 47.0 Å². The van der Waals surface area contributed by atoms with Crippen LogP contribution in [0.2, 0.25) is 0 Å². The number of aliphatic hydroxyl groups excluding tert-OH is 1. The third-order valence-electron chi connectivity index (χ3n) is 6.22. The molecule has 41 heavy (non-hydrogen) atoms. The second kappa shape index (κ2) is 17.9. The maximum atomic E-state index is 12.8. The van der Waals surface area contributed by atoms with E-state index in [0.717, 1.165) is 0 Å². The van der Waals surface area contributed by atoms with Gasteiger partial charge in [-0.3, -0.25) is 24.0 Å². The zero-order valence-electron chi connectivity index (χ0n) is 25.3. The maximum Gasteiger partial charge on any atom is 0.324 e. The number of sulfonamides is 1. The van der Waals surface area contributed by atoms with Gasteiger partial charge in [-0.25, -0.2) is 13.1 Å². The highest BCUT2D eigenvalue weighted by Gasteiger charge is 2.41.